The highest BCUT2D eigenvalue weighted by molar-refractivity contribution is 5.79. The van der Waals surface area contributed by atoms with Crippen molar-refractivity contribution in [1.29, 1.82) is 0 Å². The third-order valence-electron chi connectivity index (χ3n) is 2.79. The van der Waals surface area contributed by atoms with Gasteiger partial charge in [-0.05, 0) is 24.1 Å². The van der Waals surface area contributed by atoms with Crippen LogP contribution in [0.5, 0.6) is 5.75 Å². The largest absolute Gasteiger partial charge is 0.497 e. The Balaban J connectivity index is 2.43. The van der Waals surface area contributed by atoms with Gasteiger partial charge in [0, 0.05) is 11.5 Å². The van der Waals surface area contributed by atoms with Gasteiger partial charge >= 0.3 is 0 Å². The Morgan fingerprint density at radius 3 is 2.62 bits per heavy atom. The summed E-state index contributed by atoms with van der Waals surface area (Å²) in [4.78, 5) is 0. The van der Waals surface area contributed by atoms with Crippen molar-refractivity contribution in [1.82, 2.24) is 0 Å². The lowest BCUT2D eigenvalue weighted by molar-refractivity contribution is 0.408. The summed E-state index contributed by atoms with van der Waals surface area (Å²) in [7, 11) is 1.64. The SMILES string of the molecule is COc1ccc2cc(C(N)C(C)C)oc2c1. The lowest BCUT2D eigenvalue weighted by Gasteiger charge is -2.11. The molecule has 2 N–H and O–H groups in total. The number of hydrogen-bond acceptors (Lipinski definition) is 3. The number of benzene rings is 1. The van der Waals surface area contributed by atoms with Crippen LogP contribution in [0.15, 0.2) is 28.7 Å². The molecule has 86 valence electrons. The highest BCUT2D eigenvalue weighted by Crippen LogP contribution is 2.28. The maximum absolute atomic E-state index is 6.05. The summed E-state index contributed by atoms with van der Waals surface area (Å²) < 4.78 is 10.9. The first-order valence-corrected chi connectivity index (χ1v) is 5.45. The van der Waals surface area contributed by atoms with Gasteiger partial charge in [-0.3, -0.25) is 0 Å². The molecule has 0 aliphatic rings. The zero-order chi connectivity index (χ0) is 11.7. The Kier molecular flexibility index (Phi) is 2.88. The Bertz CT molecular complexity index is 488. The van der Waals surface area contributed by atoms with Gasteiger partial charge in [-0.2, -0.15) is 0 Å². The number of nitrogens with two attached hydrogens (primary N) is 1. The Hall–Kier alpha value is -1.48. The predicted molar refractivity (Wildman–Crippen MR) is 64.5 cm³/mol. The summed E-state index contributed by atoms with van der Waals surface area (Å²) in [6, 6.07) is 7.72. The summed E-state index contributed by atoms with van der Waals surface area (Å²) in [5.74, 6) is 1.99. The smallest absolute Gasteiger partial charge is 0.138 e. The first kappa shape index (κ1) is 11.0. The van der Waals surface area contributed by atoms with Gasteiger partial charge in [0.2, 0.25) is 0 Å². The number of ether oxygens (including phenoxy) is 1. The van der Waals surface area contributed by atoms with Crippen molar-refractivity contribution in [2.75, 3.05) is 7.11 Å². The van der Waals surface area contributed by atoms with Crippen LogP contribution in [0.25, 0.3) is 11.0 Å². The second-order valence-corrected chi connectivity index (χ2v) is 4.32. The van der Waals surface area contributed by atoms with Crippen LogP contribution in [0, 0.1) is 5.92 Å². The maximum Gasteiger partial charge on any atom is 0.138 e. The topological polar surface area (TPSA) is 48.4 Å². The first-order valence-electron chi connectivity index (χ1n) is 5.45. The zero-order valence-corrected chi connectivity index (χ0v) is 9.86. The summed E-state index contributed by atoms with van der Waals surface area (Å²) in [5.41, 5.74) is 6.87. The number of furan rings is 1. The normalized spacial score (nSPS) is 13.3. The van der Waals surface area contributed by atoms with E-state index < -0.39 is 0 Å². The van der Waals surface area contributed by atoms with Gasteiger partial charge in [-0.15, -0.1) is 0 Å². The molecule has 1 heterocycles. The third kappa shape index (κ3) is 1.91. The van der Waals surface area contributed by atoms with E-state index in [1.807, 2.05) is 24.3 Å². The van der Waals surface area contributed by atoms with E-state index >= 15 is 0 Å². The van der Waals surface area contributed by atoms with Crippen LogP contribution in [0.4, 0.5) is 0 Å². The molecule has 3 nitrogen and oxygen atoms in total. The van der Waals surface area contributed by atoms with E-state index in [1.54, 1.807) is 7.11 Å². The van der Waals surface area contributed by atoms with Crippen LogP contribution in [0.1, 0.15) is 25.6 Å². The fourth-order valence-electron chi connectivity index (χ4n) is 1.65. The summed E-state index contributed by atoms with van der Waals surface area (Å²) in [6.45, 7) is 4.16. The quantitative estimate of drug-likeness (QED) is 0.862. The zero-order valence-electron chi connectivity index (χ0n) is 9.86. The Morgan fingerprint density at radius 2 is 2.00 bits per heavy atom. The number of methoxy groups -OCH3 is 1. The third-order valence-corrected chi connectivity index (χ3v) is 2.79. The fourth-order valence-corrected chi connectivity index (χ4v) is 1.65. The van der Waals surface area contributed by atoms with Gasteiger partial charge in [0.05, 0.1) is 13.2 Å². The standard InChI is InChI=1S/C13H17NO2/c1-8(2)13(14)12-6-9-4-5-10(15-3)7-11(9)16-12/h4-8,13H,14H2,1-3H3. The molecular weight excluding hydrogens is 202 g/mol. The molecule has 0 spiro atoms. The highest BCUT2D eigenvalue weighted by atomic mass is 16.5. The second-order valence-electron chi connectivity index (χ2n) is 4.32. The van der Waals surface area contributed by atoms with E-state index in [2.05, 4.69) is 13.8 Å². The molecule has 0 bridgehead atoms. The van der Waals surface area contributed by atoms with Crippen LogP contribution in [-0.4, -0.2) is 7.11 Å². The van der Waals surface area contributed by atoms with Crippen molar-refractivity contribution in [2.24, 2.45) is 11.7 Å². The van der Waals surface area contributed by atoms with E-state index in [0.717, 1.165) is 22.5 Å². The molecule has 0 saturated heterocycles. The molecular formula is C13H17NO2. The minimum absolute atomic E-state index is 0.0570. The van der Waals surface area contributed by atoms with Crippen LogP contribution in [0.3, 0.4) is 0 Å². The molecule has 1 atom stereocenters. The van der Waals surface area contributed by atoms with Crippen molar-refractivity contribution < 1.29 is 9.15 Å². The van der Waals surface area contributed by atoms with Crippen LogP contribution < -0.4 is 10.5 Å². The van der Waals surface area contributed by atoms with E-state index in [0.29, 0.717) is 5.92 Å². The molecule has 1 aromatic carbocycles. The van der Waals surface area contributed by atoms with E-state index in [4.69, 9.17) is 14.9 Å². The van der Waals surface area contributed by atoms with Crippen molar-refractivity contribution >= 4 is 11.0 Å². The minimum atomic E-state index is -0.0570. The lowest BCUT2D eigenvalue weighted by Crippen LogP contribution is -2.15. The van der Waals surface area contributed by atoms with Gasteiger partial charge in [-0.1, -0.05) is 13.8 Å². The van der Waals surface area contributed by atoms with Crippen molar-refractivity contribution in [3.05, 3.63) is 30.0 Å². The number of rotatable bonds is 3. The maximum atomic E-state index is 6.05. The Labute approximate surface area is 95.2 Å². The fraction of sp³-hybridized carbons (Fsp3) is 0.385. The number of hydrogen-bond donors (Lipinski definition) is 1. The van der Waals surface area contributed by atoms with Gasteiger partial charge in [0.1, 0.15) is 17.1 Å². The molecule has 0 aliphatic carbocycles. The predicted octanol–water partition coefficient (Wildman–Crippen LogP) is 3.10. The molecule has 3 heteroatoms. The molecule has 2 rings (SSSR count). The van der Waals surface area contributed by atoms with Gasteiger partial charge < -0.3 is 14.9 Å². The van der Waals surface area contributed by atoms with Crippen LogP contribution in [-0.2, 0) is 0 Å². The van der Waals surface area contributed by atoms with E-state index in [1.165, 1.54) is 0 Å². The molecule has 0 fully saturated rings. The van der Waals surface area contributed by atoms with Crippen LogP contribution >= 0.6 is 0 Å². The van der Waals surface area contributed by atoms with Crippen molar-refractivity contribution in [2.45, 2.75) is 19.9 Å². The van der Waals surface area contributed by atoms with Crippen molar-refractivity contribution in [3.63, 3.8) is 0 Å². The molecule has 0 radical (unpaired) electrons. The van der Waals surface area contributed by atoms with Crippen molar-refractivity contribution in [3.8, 4) is 5.75 Å². The lowest BCUT2D eigenvalue weighted by atomic mass is 10.0. The molecule has 2 aromatic rings. The Morgan fingerprint density at radius 1 is 1.25 bits per heavy atom. The molecule has 1 unspecified atom stereocenters. The average molecular weight is 219 g/mol. The summed E-state index contributed by atoms with van der Waals surface area (Å²) >= 11 is 0. The monoisotopic (exact) mass is 219 g/mol. The molecule has 0 aliphatic heterocycles. The second kappa shape index (κ2) is 4.18. The summed E-state index contributed by atoms with van der Waals surface area (Å²) in [6.07, 6.45) is 0. The van der Waals surface area contributed by atoms with E-state index in [-0.39, 0.29) is 6.04 Å². The molecule has 0 amide bonds. The van der Waals surface area contributed by atoms with Gasteiger partial charge in [-0.25, -0.2) is 0 Å². The average Bonchev–Trinajstić information content (AvgIpc) is 2.69. The molecule has 16 heavy (non-hydrogen) atoms. The van der Waals surface area contributed by atoms with E-state index in [9.17, 15) is 0 Å². The molecule has 0 saturated carbocycles. The summed E-state index contributed by atoms with van der Waals surface area (Å²) in [5, 5.41) is 1.06. The first-order chi connectivity index (χ1) is 7.61. The number of fused-ring (bicyclic) bond motifs is 1. The van der Waals surface area contributed by atoms with Crippen LogP contribution in [0.2, 0.25) is 0 Å². The molecule has 1 aromatic heterocycles. The highest BCUT2D eigenvalue weighted by Gasteiger charge is 2.15. The van der Waals surface area contributed by atoms with Gasteiger partial charge in [0.15, 0.2) is 0 Å². The minimum Gasteiger partial charge on any atom is -0.497 e. The van der Waals surface area contributed by atoms with Gasteiger partial charge in [0.25, 0.3) is 0 Å².